The molecule has 2 amide bonds. The van der Waals surface area contributed by atoms with Gasteiger partial charge in [-0.1, -0.05) is 30.5 Å². The monoisotopic (exact) mass is 492 g/mol. The van der Waals surface area contributed by atoms with E-state index >= 15 is 0 Å². The lowest BCUT2D eigenvalue weighted by Crippen LogP contribution is -2.51. The summed E-state index contributed by atoms with van der Waals surface area (Å²) in [6.07, 6.45) is 4.04. The first kappa shape index (κ1) is 24.0. The number of nitrogens with zero attached hydrogens (tertiary/aromatic N) is 3. The van der Waals surface area contributed by atoms with Gasteiger partial charge in [0.1, 0.15) is 5.82 Å². The van der Waals surface area contributed by atoms with Crippen molar-refractivity contribution in [2.75, 3.05) is 26.2 Å². The Morgan fingerprint density at radius 2 is 1.67 bits per heavy atom. The lowest BCUT2D eigenvalue weighted by Gasteiger charge is -2.36. The number of piperazine rings is 1. The third-order valence-corrected chi connectivity index (χ3v) is 7.34. The van der Waals surface area contributed by atoms with Gasteiger partial charge >= 0.3 is 5.69 Å². The number of hydrogen-bond donors (Lipinski definition) is 1. The van der Waals surface area contributed by atoms with Crippen LogP contribution in [-0.4, -0.2) is 57.3 Å². The van der Waals surface area contributed by atoms with E-state index in [1.165, 1.54) is 22.8 Å². The fourth-order valence-electron chi connectivity index (χ4n) is 5.31. The summed E-state index contributed by atoms with van der Waals surface area (Å²) >= 11 is 0. The topological polar surface area (TPSA) is 95.5 Å². The first-order valence-electron chi connectivity index (χ1n) is 12.4. The van der Waals surface area contributed by atoms with Crippen molar-refractivity contribution in [3.8, 4) is 0 Å². The Labute approximate surface area is 207 Å². The van der Waals surface area contributed by atoms with Crippen molar-refractivity contribution in [1.82, 2.24) is 19.4 Å². The van der Waals surface area contributed by atoms with Crippen LogP contribution < -0.4 is 11.2 Å². The number of hydrogen-bond acceptors (Lipinski definition) is 4. The molecule has 0 unspecified atom stereocenters. The predicted octanol–water partition coefficient (Wildman–Crippen LogP) is 2.66. The summed E-state index contributed by atoms with van der Waals surface area (Å²) in [5.41, 5.74) is 0.811. The molecule has 9 heteroatoms. The summed E-state index contributed by atoms with van der Waals surface area (Å²) in [5, 5.41) is 0.387. The molecule has 2 aromatic carbocycles. The zero-order valence-corrected chi connectivity index (χ0v) is 20.3. The molecule has 36 heavy (non-hydrogen) atoms. The molecule has 2 aliphatic rings. The average molecular weight is 493 g/mol. The van der Waals surface area contributed by atoms with Gasteiger partial charge in [0.2, 0.25) is 5.91 Å². The minimum Gasteiger partial charge on any atom is -0.339 e. The molecule has 8 nitrogen and oxygen atoms in total. The second-order valence-corrected chi connectivity index (χ2v) is 9.78. The maximum atomic E-state index is 14.7. The maximum Gasteiger partial charge on any atom is 0.329 e. The second-order valence-electron chi connectivity index (χ2n) is 9.78. The Balaban J connectivity index is 1.35. The van der Waals surface area contributed by atoms with Crippen LogP contribution in [0.1, 0.15) is 47.2 Å². The molecule has 3 aromatic rings. The lowest BCUT2D eigenvalue weighted by molar-refractivity contribution is -0.136. The number of aryl methyl sites for hydroxylation is 1. The zero-order valence-electron chi connectivity index (χ0n) is 20.3. The smallest absolute Gasteiger partial charge is 0.329 e. The molecule has 0 atom stereocenters. The van der Waals surface area contributed by atoms with Crippen molar-refractivity contribution < 1.29 is 14.0 Å². The van der Waals surface area contributed by atoms with Crippen LogP contribution in [0.4, 0.5) is 4.39 Å². The number of carbonyl (C=O) groups excluding carboxylic acids is 2. The van der Waals surface area contributed by atoms with Crippen LogP contribution in [0.3, 0.4) is 0 Å². The minimum absolute atomic E-state index is 0.0688. The van der Waals surface area contributed by atoms with Crippen molar-refractivity contribution in [1.29, 1.82) is 0 Å². The number of halogens is 1. The SMILES string of the molecule is Cc1ccc2c(c1)c(=O)[nH]c(=O)n2Cc1ccc(F)c(C(=O)N2CCN(C(=O)C3CCCC3)CC2)c1. The lowest BCUT2D eigenvalue weighted by atomic mass is 10.1. The van der Waals surface area contributed by atoms with Crippen LogP contribution >= 0.6 is 0 Å². The van der Waals surface area contributed by atoms with E-state index in [1.807, 2.05) is 17.9 Å². The van der Waals surface area contributed by atoms with E-state index in [1.54, 1.807) is 17.0 Å². The fourth-order valence-corrected chi connectivity index (χ4v) is 5.31. The van der Waals surface area contributed by atoms with Gasteiger partial charge < -0.3 is 9.80 Å². The third kappa shape index (κ3) is 4.57. The first-order valence-corrected chi connectivity index (χ1v) is 12.4. The second kappa shape index (κ2) is 9.72. The van der Waals surface area contributed by atoms with Gasteiger partial charge in [-0.15, -0.1) is 0 Å². The van der Waals surface area contributed by atoms with Crippen LogP contribution in [0.5, 0.6) is 0 Å². The highest BCUT2D eigenvalue weighted by atomic mass is 19.1. The first-order chi connectivity index (χ1) is 17.3. The molecule has 2 fully saturated rings. The van der Waals surface area contributed by atoms with E-state index in [4.69, 9.17) is 0 Å². The van der Waals surface area contributed by atoms with Crippen LogP contribution in [-0.2, 0) is 11.3 Å². The fraction of sp³-hybridized carbons (Fsp3) is 0.407. The van der Waals surface area contributed by atoms with Gasteiger partial charge in [-0.3, -0.25) is 23.9 Å². The van der Waals surface area contributed by atoms with Crippen molar-refractivity contribution in [2.45, 2.75) is 39.2 Å². The number of aromatic amines is 1. The molecule has 1 saturated carbocycles. The van der Waals surface area contributed by atoms with Crippen LogP contribution in [0.15, 0.2) is 46.0 Å². The molecular formula is C27H29FN4O4. The normalized spacial score (nSPS) is 16.6. The van der Waals surface area contributed by atoms with Gasteiger partial charge in [-0.05, 0) is 49.6 Å². The zero-order chi connectivity index (χ0) is 25.4. The predicted molar refractivity (Wildman–Crippen MR) is 134 cm³/mol. The van der Waals surface area contributed by atoms with Gasteiger partial charge in [0.05, 0.1) is 23.0 Å². The summed E-state index contributed by atoms with van der Waals surface area (Å²) in [6, 6.07) is 9.46. The van der Waals surface area contributed by atoms with Gasteiger partial charge in [-0.25, -0.2) is 9.18 Å². The maximum absolute atomic E-state index is 14.7. The molecule has 0 bridgehead atoms. The molecule has 5 rings (SSSR count). The Morgan fingerprint density at radius 1 is 0.972 bits per heavy atom. The molecule has 2 heterocycles. The molecule has 1 aliphatic heterocycles. The van der Waals surface area contributed by atoms with E-state index < -0.39 is 23.0 Å². The highest BCUT2D eigenvalue weighted by molar-refractivity contribution is 5.95. The molecule has 1 saturated heterocycles. The molecule has 1 aliphatic carbocycles. The average Bonchev–Trinajstić information content (AvgIpc) is 3.42. The number of fused-ring (bicyclic) bond motifs is 1. The molecule has 188 valence electrons. The van der Waals surface area contributed by atoms with E-state index in [0.717, 1.165) is 31.2 Å². The largest absolute Gasteiger partial charge is 0.339 e. The van der Waals surface area contributed by atoms with E-state index in [9.17, 15) is 23.6 Å². The van der Waals surface area contributed by atoms with Crippen LogP contribution in [0.2, 0.25) is 0 Å². The minimum atomic E-state index is -0.637. The van der Waals surface area contributed by atoms with E-state index in [-0.39, 0.29) is 23.9 Å². The van der Waals surface area contributed by atoms with E-state index in [2.05, 4.69) is 4.98 Å². The molecule has 1 N–H and O–H groups in total. The number of amides is 2. The number of benzene rings is 2. The summed E-state index contributed by atoms with van der Waals surface area (Å²) in [7, 11) is 0. The van der Waals surface area contributed by atoms with Crippen molar-refractivity contribution in [3.05, 3.63) is 79.7 Å². The summed E-state index contributed by atoms with van der Waals surface area (Å²) in [6.45, 7) is 3.52. The summed E-state index contributed by atoms with van der Waals surface area (Å²) in [4.78, 5) is 56.5. The Bertz CT molecular complexity index is 1450. The van der Waals surface area contributed by atoms with Crippen LogP contribution in [0, 0.1) is 18.7 Å². The number of nitrogens with one attached hydrogen (secondary N) is 1. The number of rotatable bonds is 4. The quantitative estimate of drug-likeness (QED) is 0.606. The van der Waals surface area contributed by atoms with Crippen LogP contribution in [0.25, 0.3) is 10.9 Å². The Hall–Kier alpha value is -3.75. The van der Waals surface area contributed by atoms with Gasteiger partial charge in [0.15, 0.2) is 0 Å². The molecule has 0 spiro atoms. The Morgan fingerprint density at radius 3 is 2.39 bits per heavy atom. The van der Waals surface area contributed by atoms with Crippen molar-refractivity contribution in [2.24, 2.45) is 5.92 Å². The van der Waals surface area contributed by atoms with Gasteiger partial charge in [0, 0.05) is 32.1 Å². The molecule has 0 radical (unpaired) electrons. The van der Waals surface area contributed by atoms with Gasteiger partial charge in [-0.2, -0.15) is 0 Å². The van der Waals surface area contributed by atoms with Crippen molar-refractivity contribution in [3.63, 3.8) is 0 Å². The summed E-state index contributed by atoms with van der Waals surface area (Å²) in [5.74, 6) is -0.807. The molecule has 1 aromatic heterocycles. The Kier molecular flexibility index (Phi) is 6.47. The van der Waals surface area contributed by atoms with E-state index in [0.29, 0.717) is 42.6 Å². The summed E-state index contributed by atoms with van der Waals surface area (Å²) < 4.78 is 16.1. The standard InChI is InChI=1S/C27H29FN4O4/c1-17-6-9-23-21(14-17)24(33)29-27(36)32(23)16-18-7-8-22(28)20(15-18)26(35)31-12-10-30(11-13-31)25(34)19-4-2-3-5-19/h6-9,14-15,19H,2-5,10-13,16H2,1H3,(H,29,33,36). The highest BCUT2D eigenvalue weighted by Gasteiger charge is 2.31. The highest BCUT2D eigenvalue weighted by Crippen LogP contribution is 2.27. The molecular weight excluding hydrogens is 463 g/mol. The van der Waals surface area contributed by atoms with Crippen molar-refractivity contribution >= 4 is 22.7 Å². The third-order valence-electron chi connectivity index (χ3n) is 7.34. The van der Waals surface area contributed by atoms with Gasteiger partial charge in [0.25, 0.3) is 11.5 Å². The number of aromatic nitrogens is 2. The number of H-pyrrole nitrogens is 1. The number of carbonyl (C=O) groups is 2.